The number of nitrogens with one attached hydrogen (secondary N) is 1. The Kier molecular flexibility index (Phi) is 5.53. The van der Waals surface area contributed by atoms with Gasteiger partial charge >= 0.3 is 16.3 Å². The van der Waals surface area contributed by atoms with Gasteiger partial charge in [0.2, 0.25) is 0 Å². The molecule has 1 rings (SSSR count). The normalized spacial score (nSPS) is 23.1. The second-order valence-electron chi connectivity index (χ2n) is 4.69. The van der Waals surface area contributed by atoms with Crippen LogP contribution in [0.25, 0.3) is 0 Å². The topological polar surface area (TPSA) is 111 Å². The molecule has 1 fully saturated rings. The van der Waals surface area contributed by atoms with E-state index in [4.69, 9.17) is 15.2 Å². The van der Waals surface area contributed by atoms with Gasteiger partial charge in [-0.1, -0.05) is 0 Å². The number of ether oxygens (including phenoxy) is 2. The summed E-state index contributed by atoms with van der Waals surface area (Å²) in [6, 6.07) is -0.291. The second kappa shape index (κ2) is 6.51. The molecule has 9 heteroatoms. The van der Waals surface area contributed by atoms with Gasteiger partial charge in [-0.25, -0.2) is 9.52 Å². The van der Waals surface area contributed by atoms with Crippen molar-refractivity contribution in [1.82, 2.24) is 9.03 Å². The molecule has 1 heterocycles. The highest BCUT2D eigenvalue weighted by atomic mass is 32.2. The van der Waals surface area contributed by atoms with Crippen LogP contribution in [0.15, 0.2) is 0 Å². The van der Waals surface area contributed by atoms with Gasteiger partial charge in [-0.3, -0.25) is 0 Å². The molecule has 8 nitrogen and oxygen atoms in total. The van der Waals surface area contributed by atoms with Gasteiger partial charge in [0.05, 0.1) is 18.8 Å². The zero-order valence-corrected chi connectivity index (χ0v) is 12.1. The Hall–Kier alpha value is -0.900. The molecule has 1 saturated heterocycles. The van der Waals surface area contributed by atoms with Crippen LogP contribution in [0, 0.1) is 0 Å². The quantitative estimate of drug-likeness (QED) is 0.717. The van der Waals surface area contributed by atoms with E-state index in [-0.39, 0.29) is 31.8 Å². The van der Waals surface area contributed by atoms with Crippen molar-refractivity contribution in [2.45, 2.75) is 39.0 Å². The molecule has 1 aliphatic heterocycles. The van der Waals surface area contributed by atoms with Crippen LogP contribution >= 0.6 is 0 Å². The number of hydrogen-bond donors (Lipinski definition) is 2. The number of morpholine rings is 1. The van der Waals surface area contributed by atoms with Crippen molar-refractivity contribution in [2.75, 3.05) is 19.7 Å². The molecule has 2 unspecified atom stereocenters. The highest BCUT2D eigenvalue weighted by Gasteiger charge is 2.32. The summed E-state index contributed by atoms with van der Waals surface area (Å²) in [5, 5.41) is 0. The van der Waals surface area contributed by atoms with Crippen LogP contribution < -0.4 is 10.5 Å². The fourth-order valence-electron chi connectivity index (χ4n) is 1.59. The number of nitrogens with two attached hydrogens (primary N) is 1. The van der Waals surface area contributed by atoms with Crippen molar-refractivity contribution in [3.05, 3.63) is 0 Å². The smallest absolute Gasteiger partial charge is 0.422 e. The molecule has 0 aromatic carbocycles. The lowest BCUT2D eigenvalue weighted by Crippen LogP contribution is -2.54. The third-order valence-corrected chi connectivity index (χ3v) is 3.97. The predicted molar refractivity (Wildman–Crippen MR) is 68.6 cm³/mol. The van der Waals surface area contributed by atoms with Gasteiger partial charge in [-0.05, 0) is 20.8 Å². The predicted octanol–water partition coefficient (Wildman–Crippen LogP) is -0.586. The van der Waals surface area contributed by atoms with Gasteiger partial charge in [0.15, 0.2) is 0 Å². The number of hydrogen-bond acceptors (Lipinski definition) is 6. The maximum Gasteiger partial charge on any atom is 0.422 e. The van der Waals surface area contributed by atoms with Crippen molar-refractivity contribution in [2.24, 2.45) is 5.73 Å². The van der Waals surface area contributed by atoms with Crippen LogP contribution in [0.5, 0.6) is 0 Å². The fourth-order valence-corrected chi connectivity index (χ4v) is 2.64. The molecular weight excluding hydrogens is 274 g/mol. The molecule has 1 aliphatic rings. The van der Waals surface area contributed by atoms with E-state index in [0.29, 0.717) is 0 Å². The minimum absolute atomic E-state index is 0.113. The molecule has 0 aromatic rings. The second-order valence-corrected chi connectivity index (χ2v) is 6.36. The Morgan fingerprint density at radius 3 is 2.63 bits per heavy atom. The molecule has 0 radical (unpaired) electrons. The Morgan fingerprint density at radius 2 is 2.11 bits per heavy atom. The molecule has 0 saturated carbocycles. The maximum absolute atomic E-state index is 12.0. The lowest BCUT2D eigenvalue weighted by molar-refractivity contribution is -0.0123. The maximum atomic E-state index is 12.0. The number of amides is 1. The fraction of sp³-hybridized carbons (Fsp3) is 0.900. The standard InChI is InChI=1S/C10H21N3O5S/c1-7(2)18-10(14)12-19(15,16)13-4-5-17-9(6-13)8(3)11/h7-9H,4-6,11H2,1-3H3,(H,12,14). The van der Waals surface area contributed by atoms with E-state index in [1.165, 1.54) is 0 Å². The van der Waals surface area contributed by atoms with E-state index < -0.39 is 22.4 Å². The highest BCUT2D eigenvalue weighted by Crippen LogP contribution is 2.11. The van der Waals surface area contributed by atoms with E-state index in [1.807, 2.05) is 4.72 Å². The molecule has 112 valence electrons. The summed E-state index contributed by atoms with van der Waals surface area (Å²) < 4.78 is 37.0. The van der Waals surface area contributed by atoms with Crippen LogP contribution in [0.4, 0.5) is 4.79 Å². The van der Waals surface area contributed by atoms with Crippen molar-refractivity contribution in [3.8, 4) is 0 Å². The van der Waals surface area contributed by atoms with E-state index >= 15 is 0 Å². The molecule has 0 aliphatic carbocycles. The molecule has 0 spiro atoms. The number of carbonyl (C=O) groups is 1. The van der Waals surface area contributed by atoms with E-state index in [2.05, 4.69) is 0 Å². The van der Waals surface area contributed by atoms with Crippen LogP contribution in [-0.2, 0) is 19.7 Å². The average molecular weight is 295 g/mol. The third-order valence-electron chi connectivity index (χ3n) is 2.54. The lowest BCUT2D eigenvalue weighted by atomic mass is 10.2. The minimum atomic E-state index is -3.92. The number of carbonyl (C=O) groups excluding carboxylic acids is 1. The summed E-state index contributed by atoms with van der Waals surface area (Å²) in [6.45, 7) is 5.53. The summed E-state index contributed by atoms with van der Waals surface area (Å²) in [6.07, 6.45) is -1.76. The zero-order valence-electron chi connectivity index (χ0n) is 11.3. The number of rotatable bonds is 4. The van der Waals surface area contributed by atoms with Crippen molar-refractivity contribution < 1.29 is 22.7 Å². The van der Waals surface area contributed by atoms with Gasteiger partial charge in [0, 0.05) is 19.1 Å². The molecular formula is C10H21N3O5S. The van der Waals surface area contributed by atoms with Crippen LogP contribution in [-0.4, -0.2) is 56.8 Å². The zero-order chi connectivity index (χ0) is 14.6. The largest absolute Gasteiger partial charge is 0.446 e. The lowest BCUT2D eigenvalue weighted by Gasteiger charge is -2.33. The summed E-state index contributed by atoms with van der Waals surface area (Å²) >= 11 is 0. The molecule has 3 N–H and O–H groups in total. The van der Waals surface area contributed by atoms with Gasteiger partial charge in [0.1, 0.15) is 0 Å². The Morgan fingerprint density at radius 1 is 1.47 bits per heavy atom. The highest BCUT2D eigenvalue weighted by molar-refractivity contribution is 7.87. The van der Waals surface area contributed by atoms with Crippen LogP contribution in [0.2, 0.25) is 0 Å². The molecule has 19 heavy (non-hydrogen) atoms. The third kappa shape index (κ3) is 4.94. The Bertz CT molecular complexity index is 409. The summed E-state index contributed by atoms with van der Waals surface area (Å²) in [5.74, 6) is 0. The Labute approximate surface area is 113 Å². The number of nitrogens with zero attached hydrogens (tertiary/aromatic N) is 1. The molecule has 1 amide bonds. The van der Waals surface area contributed by atoms with E-state index in [1.54, 1.807) is 20.8 Å². The monoisotopic (exact) mass is 295 g/mol. The van der Waals surface area contributed by atoms with Crippen molar-refractivity contribution in [1.29, 1.82) is 0 Å². The first-order valence-electron chi connectivity index (χ1n) is 6.08. The van der Waals surface area contributed by atoms with Crippen molar-refractivity contribution >= 4 is 16.3 Å². The first kappa shape index (κ1) is 16.2. The van der Waals surface area contributed by atoms with Gasteiger partial charge in [0.25, 0.3) is 0 Å². The summed E-state index contributed by atoms with van der Waals surface area (Å²) in [4.78, 5) is 11.3. The summed E-state index contributed by atoms with van der Waals surface area (Å²) in [5.41, 5.74) is 5.68. The van der Waals surface area contributed by atoms with E-state index in [9.17, 15) is 13.2 Å². The first-order valence-corrected chi connectivity index (χ1v) is 7.52. The SMILES string of the molecule is CC(C)OC(=O)NS(=O)(=O)N1CCOC(C(C)N)C1. The van der Waals surface area contributed by atoms with Crippen molar-refractivity contribution in [3.63, 3.8) is 0 Å². The average Bonchev–Trinajstić information content (AvgIpc) is 2.27. The molecule has 2 atom stereocenters. The van der Waals surface area contributed by atoms with Gasteiger partial charge in [-0.15, -0.1) is 0 Å². The summed E-state index contributed by atoms with van der Waals surface area (Å²) in [7, 11) is -3.92. The molecule has 0 bridgehead atoms. The molecule has 0 aromatic heterocycles. The van der Waals surface area contributed by atoms with Crippen LogP contribution in [0.3, 0.4) is 0 Å². The van der Waals surface area contributed by atoms with E-state index in [0.717, 1.165) is 4.31 Å². The Balaban J connectivity index is 2.64. The van der Waals surface area contributed by atoms with Gasteiger partial charge in [-0.2, -0.15) is 12.7 Å². The van der Waals surface area contributed by atoms with Crippen LogP contribution in [0.1, 0.15) is 20.8 Å². The minimum Gasteiger partial charge on any atom is -0.446 e. The van der Waals surface area contributed by atoms with Gasteiger partial charge < -0.3 is 15.2 Å². The first-order chi connectivity index (χ1) is 8.72.